The molecule has 0 radical (unpaired) electrons. The van der Waals surface area contributed by atoms with Crippen molar-refractivity contribution in [2.45, 2.75) is 69.1 Å². The Kier molecular flexibility index (Phi) is 15.2. The average Bonchev–Trinajstić information content (AvgIpc) is 2.76. The Morgan fingerprint density at radius 3 is 1.71 bits per heavy atom. The van der Waals surface area contributed by atoms with Gasteiger partial charge in [-0.1, -0.05) is 0 Å². The number of hydrogen-bond donors (Lipinski definition) is 9. The highest BCUT2D eigenvalue weighted by molar-refractivity contribution is 7.80. The lowest BCUT2D eigenvalue weighted by Gasteiger charge is -2.24. The lowest BCUT2D eigenvalue weighted by atomic mass is 10.1. The van der Waals surface area contributed by atoms with Crippen LogP contribution in [0.5, 0.6) is 0 Å². The number of thiol groups is 1. The van der Waals surface area contributed by atoms with Crippen LogP contribution in [0.25, 0.3) is 0 Å². The summed E-state index contributed by atoms with van der Waals surface area (Å²) >= 11 is 4.00. The molecule has 0 bridgehead atoms. The molecule has 0 aromatic heterocycles. The number of carboxylic acid groups (broad SMARTS) is 3. The third-order valence-electron chi connectivity index (χ3n) is 4.66. The molecule has 0 aliphatic rings. The Hall–Kier alpha value is -2.91. The van der Waals surface area contributed by atoms with E-state index in [0.29, 0.717) is 19.4 Å². The normalized spacial score (nSPS) is 14.2. The maximum absolute atomic E-state index is 12.7. The van der Waals surface area contributed by atoms with Gasteiger partial charge < -0.3 is 42.7 Å². The summed E-state index contributed by atoms with van der Waals surface area (Å²) in [7, 11) is 0. The average molecular weight is 508 g/mol. The van der Waals surface area contributed by atoms with Gasteiger partial charge in [-0.15, -0.1) is 0 Å². The van der Waals surface area contributed by atoms with E-state index in [0.717, 1.165) is 0 Å². The van der Waals surface area contributed by atoms with Crippen molar-refractivity contribution in [1.29, 1.82) is 0 Å². The zero-order chi connectivity index (χ0) is 26.3. The summed E-state index contributed by atoms with van der Waals surface area (Å²) in [5, 5.41) is 33.8. The Labute approximate surface area is 201 Å². The molecule has 4 unspecified atom stereocenters. The molecule has 34 heavy (non-hydrogen) atoms. The summed E-state index contributed by atoms with van der Waals surface area (Å²) in [5.74, 6) is -6.51. The van der Waals surface area contributed by atoms with Crippen molar-refractivity contribution < 1.29 is 44.1 Å². The van der Waals surface area contributed by atoms with Crippen LogP contribution in [0.1, 0.15) is 44.9 Å². The molecule has 3 amide bonds. The first-order valence-electron chi connectivity index (χ1n) is 10.6. The number of carboxylic acids is 3. The van der Waals surface area contributed by atoms with Crippen LogP contribution in [0.2, 0.25) is 0 Å². The number of aliphatic carboxylic acids is 3. The van der Waals surface area contributed by atoms with Crippen LogP contribution in [-0.2, 0) is 28.8 Å². The summed E-state index contributed by atoms with van der Waals surface area (Å²) in [6, 6.07) is -5.15. The first-order valence-corrected chi connectivity index (χ1v) is 11.2. The summed E-state index contributed by atoms with van der Waals surface area (Å²) in [5.41, 5.74) is 11.0. The van der Waals surface area contributed by atoms with Gasteiger partial charge in [0.2, 0.25) is 17.7 Å². The van der Waals surface area contributed by atoms with Gasteiger partial charge in [0.05, 0.1) is 6.04 Å². The van der Waals surface area contributed by atoms with Gasteiger partial charge in [0.25, 0.3) is 0 Å². The van der Waals surface area contributed by atoms with Gasteiger partial charge >= 0.3 is 17.9 Å². The van der Waals surface area contributed by atoms with Gasteiger partial charge in [0.1, 0.15) is 18.1 Å². The van der Waals surface area contributed by atoms with Gasteiger partial charge in [0.15, 0.2) is 0 Å². The number of amides is 3. The minimum atomic E-state index is -1.39. The van der Waals surface area contributed by atoms with Crippen LogP contribution in [-0.4, -0.2) is 87.4 Å². The molecule has 0 spiro atoms. The minimum absolute atomic E-state index is 0.122. The second-order valence-electron chi connectivity index (χ2n) is 7.46. The molecule has 15 heteroatoms. The number of carbonyl (C=O) groups is 6. The molecule has 0 fully saturated rings. The zero-order valence-electron chi connectivity index (χ0n) is 18.6. The fraction of sp³-hybridized carbons (Fsp3) is 0.684. The lowest BCUT2D eigenvalue weighted by Crippen LogP contribution is -2.57. The fourth-order valence-electron chi connectivity index (χ4n) is 2.71. The van der Waals surface area contributed by atoms with Crippen LogP contribution in [0.15, 0.2) is 0 Å². The molecule has 0 saturated carbocycles. The van der Waals surface area contributed by atoms with Crippen molar-refractivity contribution in [2.24, 2.45) is 11.5 Å². The number of hydrogen-bond acceptors (Lipinski definition) is 9. The SMILES string of the molecule is NCCCCC(NC(=O)C(CS)NC(=O)C(CCC(=O)O)NC(=O)C(N)CCC(=O)O)C(=O)O. The standard InChI is InChI=1S/C19H33N5O9S/c20-8-2-1-3-12(19(32)33)23-18(31)13(9-34)24-17(30)11(5-7-15(27)28)22-16(29)10(21)4-6-14(25)26/h10-13,34H,1-9,20-21H2,(H,22,29)(H,23,31)(H,24,30)(H,25,26)(H,27,28)(H,32,33). The first kappa shape index (κ1) is 31.1. The van der Waals surface area contributed by atoms with Crippen molar-refractivity contribution in [3.63, 3.8) is 0 Å². The molecule has 10 N–H and O–H groups in total. The van der Waals surface area contributed by atoms with Gasteiger partial charge in [-0.2, -0.15) is 12.6 Å². The molecule has 194 valence electrons. The van der Waals surface area contributed by atoms with Crippen molar-refractivity contribution in [2.75, 3.05) is 12.3 Å². The number of unbranched alkanes of at least 4 members (excludes halogenated alkanes) is 1. The Bertz CT molecular complexity index is 737. The highest BCUT2D eigenvalue weighted by Gasteiger charge is 2.30. The quantitative estimate of drug-likeness (QED) is 0.0700. The number of nitrogens with two attached hydrogens (primary N) is 2. The van der Waals surface area contributed by atoms with E-state index in [1.165, 1.54) is 0 Å². The zero-order valence-corrected chi connectivity index (χ0v) is 19.5. The van der Waals surface area contributed by atoms with Crippen molar-refractivity contribution in [1.82, 2.24) is 16.0 Å². The monoisotopic (exact) mass is 507 g/mol. The molecule has 0 aliphatic carbocycles. The molecule has 0 saturated heterocycles. The maximum Gasteiger partial charge on any atom is 0.326 e. The highest BCUT2D eigenvalue weighted by atomic mass is 32.1. The first-order chi connectivity index (χ1) is 15.9. The summed E-state index contributed by atoms with van der Waals surface area (Å²) in [4.78, 5) is 70.4. The number of rotatable bonds is 18. The highest BCUT2D eigenvalue weighted by Crippen LogP contribution is 2.05. The maximum atomic E-state index is 12.7. The number of nitrogens with one attached hydrogen (secondary N) is 3. The van der Waals surface area contributed by atoms with Crippen molar-refractivity contribution in [3.05, 3.63) is 0 Å². The van der Waals surface area contributed by atoms with Gasteiger partial charge in [-0.25, -0.2) is 4.79 Å². The Morgan fingerprint density at radius 2 is 1.21 bits per heavy atom. The molecule has 0 aliphatic heterocycles. The molecular weight excluding hydrogens is 474 g/mol. The molecule has 14 nitrogen and oxygen atoms in total. The summed E-state index contributed by atoms with van der Waals surface area (Å²) in [6.07, 6.45) is -0.297. The van der Waals surface area contributed by atoms with Gasteiger partial charge in [-0.05, 0) is 38.6 Å². The van der Waals surface area contributed by atoms with E-state index in [2.05, 4.69) is 28.6 Å². The third kappa shape index (κ3) is 13.0. The second-order valence-corrected chi connectivity index (χ2v) is 7.83. The number of carbonyl (C=O) groups excluding carboxylic acids is 3. The van der Waals surface area contributed by atoms with Crippen molar-refractivity contribution in [3.8, 4) is 0 Å². The van der Waals surface area contributed by atoms with Crippen molar-refractivity contribution >= 4 is 48.3 Å². The van der Waals surface area contributed by atoms with E-state index in [4.69, 9.17) is 21.7 Å². The molecule has 0 rings (SSSR count). The van der Waals surface area contributed by atoms with Crippen LogP contribution >= 0.6 is 12.6 Å². The predicted octanol–water partition coefficient (Wildman–Crippen LogP) is -2.36. The Morgan fingerprint density at radius 1 is 0.706 bits per heavy atom. The topological polar surface area (TPSA) is 251 Å². The third-order valence-corrected chi connectivity index (χ3v) is 5.03. The largest absolute Gasteiger partial charge is 0.481 e. The van der Waals surface area contributed by atoms with Crippen LogP contribution < -0.4 is 27.4 Å². The van der Waals surface area contributed by atoms with E-state index >= 15 is 0 Å². The molecular formula is C19H33N5O9S. The second kappa shape index (κ2) is 16.7. The van der Waals surface area contributed by atoms with Gasteiger partial charge in [-0.3, -0.25) is 24.0 Å². The lowest BCUT2D eigenvalue weighted by molar-refractivity contribution is -0.142. The minimum Gasteiger partial charge on any atom is -0.481 e. The van der Waals surface area contributed by atoms with Crippen LogP contribution in [0.3, 0.4) is 0 Å². The van der Waals surface area contributed by atoms with E-state index in [1.54, 1.807) is 0 Å². The predicted molar refractivity (Wildman–Crippen MR) is 122 cm³/mol. The van der Waals surface area contributed by atoms with Crippen LogP contribution in [0.4, 0.5) is 0 Å². The Balaban J connectivity index is 5.24. The summed E-state index contributed by atoms with van der Waals surface area (Å²) in [6.45, 7) is 0.360. The fourth-order valence-corrected chi connectivity index (χ4v) is 2.97. The molecule has 0 aromatic carbocycles. The van der Waals surface area contributed by atoms with E-state index < -0.39 is 72.6 Å². The molecule has 0 heterocycles. The van der Waals surface area contributed by atoms with E-state index in [-0.39, 0.29) is 25.0 Å². The molecule has 0 aromatic rings. The van der Waals surface area contributed by atoms with Gasteiger partial charge in [0, 0.05) is 18.6 Å². The van der Waals surface area contributed by atoms with Crippen LogP contribution in [0, 0.1) is 0 Å². The van der Waals surface area contributed by atoms with E-state index in [9.17, 15) is 33.9 Å². The smallest absolute Gasteiger partial charge is 0.326 e. The molecule has 4 atom stereocenters. The van der Waals surface area contributed by atoms with E-state index in [1.807, 2.05) is 0 Å². The summed E-state index contributed by atoms with van der Waals surface area (Å²) < 4.78 is 0.